The number of aliphatic imine (C=N–C) groups is 1. The highest BCUT2D eigenvalue weighted by atomic mass is 35.5. The van der Waals surface area contributed by atoms with Gasteiger partial charge in [-0.3, -0.25) is 24.2 Å². The molecule has 4 rings (SSSR count). The topological polar surface area (TPSA) is 129 Å². The van der Waals surface area contributed by atoms with Gasteiger partial charge in [-0.1, -0.05) is 11.6 Å². The summed E-state index contributed by atoms with van der Waals surface area (Å²) in [4.78, 5) is 25.0. The van der Waals surface area contributed by atoms with E-state index in [1.165, 1.54) is 12.1 Å². The molecule has 4 N–H and O–H groups in total. The van der Waals surface area contributed by atoms with Gasteiger partial charge in [0.2, 0.25) is 0 Å². The maximum Gasteiger partial charge on any atom is 0.410 e. The van der Waals surface area contributed by atoms with Crippen molar-refractivity contribution in [2.24, 2.45) is 4.99 Å². The molecule has 0 spiro atoms. The number of nitrogens with zero attached hydrogens (tertiary/aromatic N) is 3. The summed E-state index contributed by atoms with van der Waals surface area (Å²) in [7, 11) is -3.24. The predicted octanol–water partition coefficient (Wildman–Crippen LogP) is 3.16. The summed E-state index contributed by atoms with van der Waals surface area (Å²) < 4.78 is 31.4. The van der Waals surface area contributed by atoms with Gasteiger partial charge in [-0.2, -0.15) is 0 Å². The van der Waals surface area contributed by atoms with Gasteiger partial charge in [0.25, 0.3) is 0 Å². The SMILES string of the molecule is Cc1cc(Cl)cnc1CNc1ccc(F)c([C@@]2(C)N=C(NC(=O)O)C(C)(C)[SH]3(=O)NCC[C@@H]23)n1. The van der Waals surface area contributed by atoms with Crippen molar-refractivity contribution >= 4 is 39.5 Å². The highest BCUT2D eigenvalue weighted by molar-refractivity contribution is 8.04. The molecule has 2 aliphatic rings. The second kappa shape index (κ2) is 8.54. The van der Waals surface area contributed by atoms with Gasteiger partial charge in [-0.25, -0.2) is 14.2 Å². The van der Waals surface area contributed by atoms with E-state index in [0.29, 0.717) is 30.4 Å². The number of anilines is 1. The van der Waals surface area contributed by atoms with E-state index in [9.17, 15) is 14.1 Å². The molecule has 9 nitrogen and oxygen atoms in total. The molecule has 2 aliphatic heterocycles. The normalized spacial score (nSPS) is 25.7. The van der Waals surface area contributed by atoms with Crippen molar-refractivity contribution in [2.45, 2.75) is 56.2 Å². The molecule has 1 saturated heterocycles. The molecule has 2 atom stereocenters. The quantitative estimate of drug-likeness (QED) is 0.402. The number of rotatable bonds is 4. The zero-order valence-electron chi connectivity index (χ0n) is 19.3. The minimum atomic E-state index is -3.24. The Hall–Kier alpha value is -2.63. The highest BCUT2D eigenvalue weighted by Gasteiger charge is 2.59. The van der Waals surface area contributed by atoms with Crippen molar-refractivity contribution in [3.8, 4) is 0 Å². The molecule has 2 aromatic heterocycles. The molecule has 0 unspecified atom stereocenters. The lowest BCUT2D eigenvalue weighted by atomic mass is 9.89. The summed E-state index contributed by atoms with van der Waals surface area (Å²) in [5, 5.41) is 14.8. The second-order valence-corrected chi connectivity index (χ2v) is 13.1. The van der Waals surface area contributed by atoms with Crippen LogP contribution in [0.2, 0.25) is 5.02 Å². The summed E-state index contributed by atoms with van der Waals surface area (Å²) in [5.74, 6) is -0.190. The molecule has 0 saturated carbocycles. The van der Waals surface area contributed by atoms with Crippen LogP contribution in [0.15, 0.2) is 29.4 Å². The average molecular weight is 511 g/mol. The van der Waals surface area contributed by atoms with Crippen molar-refractivity contribution in [1.29, 1.82) is 0 Å². The number of aromatic nitrogens is 2. The van der Waals surface area contributed by atoms with Crippen molar-refractivity contribution in [3.63, 3.8) is 0 Å². The minimum absolute atomic E-state index is 0.00685. The molecule has 34 heavy (non-hydrogen) atoms. The first-order valence-electron chi connectivity index (χ1n) is 10.9. The van der Waals surface area contributed by atoms with Crippen LogP contribution in [-0.2, 0) is 22.2 Å². The Morgan fingerprint density at radius 2 is 2.12 bits per heavy atom. The van der Waals surface area contributed by atoms with E-state index in [1.807, 2.05) is 6.92 Å². The number of carboxylic acid groups (broad SMARTS) is 1. The van der Waals surface area contributed by atoms with Crippen LogP contribution in [0.4, 0.5) is 15.0 Å². The number of aryl methyl sites for hydroxylation is 1. The van der Waals surface area contributed by atoms with Gasteiger partial charge >= 0.3 is 6.09 Å². The first-order chi connectivity index (χ1) is 15.9. The number of halogens is 2. The van der Waals surface area contributed by atoms with Crippen molar-refractivity contribution in [2.75, 3.05) is 11.9 Å². The number of fused-ring (bicyclic) bond motifs is 1. The molecule has 0 aliphatic carbocycles. The lowest BCUT2D eigenvalue weighted by Crippen LogP contribution is -2.66. The lowest BCUT2D eigenvalue weighted by Gasteiger charge is -2.50. The monoisotopic (exact) mass is 510 g/mol. The standard InChI is InChI=1S/C22H28ClFN6O3S/c1-12-9-13(23)10-25-15(12)11-26-17-6-5-14(24)18(28-17)22(4)16-7-8-27-34(16,33)21(2,3)19(30-22)29-20(31)32/h5-6,9-10,16,34H,7-8,11H2,1-4H3,(H,26,28)(H,27,33)(H,29,30)(H,31,32)/t16-,22-/m0/s1. The number of hydrogen-bond acceptors (Lipinski definition) is 6. The summed E-state index contributed by atoms with van der Waals surface area (Å²) >= 11 is 5.97. The van der Waals surface area contributed by atoms with Gasteiger partial charge in [-0.05, 0) is 68.0 Å². The number of nitrogens with one attached hydrogen (secondary N) is 3. The average Bonchev–Trinajstić information content (AvgIpc) is 3.17. The predicted molar refractivity (Wildman–Crippen MR) is 131 cm³/mol. The number of amides is 1. The third-order valence-electron chi connectivity index (χ3n) is 6.75. The fourth-order valence-electron chi connectivity index (χ4n) is 4.80. The van der Waals surface area contributed by atoms with Crippen molar-refractivity contribution in [3.05, 3.63) is 52.2 Å². The summed E-state index contributed by atoms with van der Waals surface area (Å²) in [5.41, 5.74) is 0.323. The number of pyridine rings is 2. The van der Waals surface area contributed by atoms with E-state index in [0.717, 1.165) is 11.3 Å². The Balaban J connectivity index is 1.76. The largest absolute Gasteiger partial charge is 0.465 e. The summed E-state index contributed by atoms with van der Waals surface area (Å²) in [6.45, 7) is 7.73. The molecule has 184 valence electrons. The van der Waals surface area contributed by atoms with Crippen LogP contribution in [0, 0.1) is 12.7 Å². The first-order valence-corrected chi connectivity index (χ1v) is 13.0. The number of amidine groups is 1. The lowest BCUT2D eigenvalue weighted by molar-refractivity contribution is 0.199. The van der Waals surface area contributed by atoms with Gasteiger partial charge < -0.3 is 10.4 Å². The van der Waals surface area contributed by atoms with Crippen LogP contribution in [0.25, 0.3) is 0 Å². The minimum Gasteiger partial charge on any atom is -0.465 e. The fourth-order valence-corrected chi connectivity index (χ4v) is 8.67. The fraction of sp³-hybridized carbons (Fsp3) is 0.455. The maximum atomic E-state index is 15.2. The van der Waals surface area contributed by atoms with Crippen molar-refractivity contribution < 1.29 is 18.5 Å². The molecular formula is C22H28ClFN6O3S. The molecular weight excluding hydrogens is 483 g/mol. The Kier molecular flexibility index (Phi) is 6.16. The zero-order chi connectivity index (χ0) is 24.9. The van der Waals surface area contributed by atoms with Crippen LogP contribution in [0.5, 0.6) is 0 Å². The van der Waals surface area contributed by atoms with Gasteiger partial charge in [0.1, 0.15) is 28.7 Å². The van der Waals surface area contributed by atoms with Gasteiger partial charge in [0, 0.05) is 12.7 Å². The van der Waals surface area contributed by atoms with E-state index >= 15 is 4.39 Å². The van der Waals surface area contributed by atoms with Gasteiger partial charge in [0.15, 0.2) is 0 Å². The number of hydrogen-bond donors (Lipinski definition) is 5. The smallest absolute Gasteiger partial charge is 0.410 e. The van der Waals surface area contributed by atoms with Crippen LogP contribution < -0.4 is 15.4 Å². The molecule has 1 fully saturated rings. The zero-order valence-corrected chi connectivity index (χ0v) is 21.0. The number of carbonyl (C=O) groups is 1. The third kappa shape index (κ3) is 3.95. The molecule has 12 heteroatoms. The Morgan fingerprint density at radius 3 is 2.79 bits per heavy atom. The van der Waals surface area contributed by atoms with Gasteiger partial charge in [-0.15, -0.1) is 0 Å². The van der Waals surface area contributed by atoms with E-state index in [2.05, 4.69) is 30.3 Å². The molecule has 0 bridgehead atoms. The third-order valence-corrected chi connectivity index (χ3v) is 11.2. The summed E-state index contributed by atoms with van der Waals surface area (Å²) in [6, 6.07) is 4.59. The van der Waals surface area contributed by atoms with E-state index in [4.69, 9.17) is 11.6 Å². The Morgan fingerprint density at radius 1 is 1.38 bits per heavy atom. The molecule has 0 radical (unpaired) electrons. The van der Waals surface area contributed by atoms with Gasteiger partial charge in [0.05, 0.1) is 27.3 Å². The second-order valence-electron chi connectivity index (χ2n) is 9.27. The van der Waals surface area contributed by atoms with Crippen LogP contribution in [-0.4, -0.2) is 47.8 Å². The molecule has 0 aromatic carbocycles. The van der Waals surface area contributed by atoms with Crippen LogP contribution in [0.3, 0.4) is 0 Å². The summed E-state index contributed by atoms with van der Waals surface area (Å²) in [6.07, 6.45) is 0.720. The molecule has 1 amide bonds. The van der Waals surface area contributed by atoms with Crippen LogP contribution in [0.1, 0.15) is 44.1 Å². The highest BCUT2D eigenvalue weighted by Crippen LogP contribution is 2.48. The van der Waals surface area contributed by atoms with Crippen molar-refractivity contribution in [1.82, 2.24) is 20.0 Å². The van der Waals surface area contributed by atoms with E-state index in [1.54, 1.807) is 33.0 Å². The molecule has 4 heterocycles. The van der Waals surface area contributed by atoms with E-state index < -0.39 is 37.6 Å². The first kappa shape index (κ1) is 24.5. The Bertz CT molecular complexity index is 1240. The molecule has 2 aromatic rings. The van der Waals surface area contributed by atoms with Crippen LogP contribution >= 0.6 is 11.6 Å². The Labute approximate surface area is 203 Å². The maximum absolute atomic E-state index is 15.2. The van der Waals surface area contributed by atoms with E-state index in [-0.39, 0.29) is 11.5 Å². The number of thiol groups is 1.